The highest BCUT2D eigenvalue weighted by atomic mass is 19.1. The maximum atomic E-state index is 13.0. The average molecular weight is 250 g/mol. The molecule has 0 bridgehead atoms. The molecular formula is C12H15FN4O. The van der Waals surface area contributed by atoms with Crippen molar-refractivity contribution in [3.8, 4) is 5.75 Å². The van der Waals surface area contributed by atoms with E-state index in [2.05, 4.69) is 10.3 Å². The van der Waals surface area contributed by atoms with Crippen LogP contribution in [0.25, 0.3) is 0 Å². The van der Waals surface area contributed by atoms with E-state index < -0.39 is 0 Å². The summed E-state index contributed by atoms with van der Waals surface area (Å²) in [6.45, 7) is 3.18. The van der Waals surface area contributed by atoms with E-state index in [1.807, 2.05) is 6.92 Å². The Labute approximate surface area is 104 Å². The SMILES string of the molecule is Cc1ccc(F)cc1OCCn1cc(CN)nn1. The lowest BCUT2D eigenvalue weighted by molar-refractivity contribution is 0.286. The van der Waals surface area contributed by atoms with Crippen molar-refractivity contribution in [1.82, 2.24) is 15.0 Å². The maximum Gasteiger partial charge on any atom is 0.126 e. The maximum absolute atomic E-state index is 13.0. The van der Waals surface area contributed by atoms with Gasteiger partial charge in [-0.3, -0.25) is 0 Å². The predicted octanol–water partition coefficient (Wildman–Crippen LogP) is 1.26. The Morgan fingerprint density at radius 3 is 3.00 bits per heavy atom. The fraction of sp³-hybridized carbons (Fsp3) is 0.333. The quantitative estimate of drug-likeness (QED) is 0.867. The second-order valence-electron chi connectivity index (χ2n) is 3.94. The smallest absolute Gasteiger partial charge is 0.126 e. The number of aryl methyl sites for hydroxylation is 1. The van der Waals surface area contributed by atoms with Crippen LogP contribution in [0.3, 0.4) is 0 Å². The Bertz CT molecular complexity index is 527. The summed E-state index contributed by atoms with van der Waals surface area (Å²) < 4.78 is 20.2. The highest BCUT2D eigenvalue weighted by Gasteiger charge is 2.02. The third-order valence-electron chi connectivity index (χ3n) is 2.52. The van der Waals surface area contributed by atoms with Crippen molar-refractivity contribution in [1.29, 1.82) is 0 Å². The Hall–Kier alpha value is -1.95. The van der Waals surface area contributed by atoms with Gasteiger partial charge in [-0.15, -0.1) is 5.10 Å². The van der Waals surface area contributed by atoms with Gasteiger partial charge in [0.1, 0.15) is 18.2 Å². The molecule has 0 aliphatic rings. The minimum absolute atomic E-state index is 0.304. The van der Waals surface area contributed by atoms with Crippen LogP contribution in [0.2, 0.25) is 0 Å². The minimum Gasteiger partial charge on any atom is -0.491 e. The zero-order chi connectivity index (χ0) is 13.0. The molecule has 0 spiro atoms. The Morgan fingerprint density at radius 1 is 1.44 bits per heavy atom. The molecule has 1 aromatic carbocycles. The molecule has 2 rings (SSSR count). The van der Waals surface area contributed by atoms with E-state index in [4.69, 9.17) is 10.5 Å². The molecule has 2 aromatic rings. The zero-order valence-corrected chi connectivity index (χ0v) is 10.1. The predicted molar refractivity (Wildman–Crippen MR) is 64.5 cm³/mol. The summed E-state index contributed by atoms with van der Waals surface area (Å²) in [6.07, 6.45) is 1.77. The van der Waals surface area contributed by atoms with Crippen LogP contribution in [0.4, 0.5) is 4.39 Å². The number of ether oxygens (including phenoxy) is 1. The molecule has 0 fully saturated rings. The molecule has 0 saturated carbocycles. The molecule has 0 radical (unpaired) electrons. The Kier molecular flexibility index (Phi) is 3.88. The average Bonchev–Trinajstić information content (AvgIpc) is 2.81. The van der Waals surface area contributed by atoms with Crippen LogP contribution in [0.1, 0.15) is 11.3 Å². The number of hydrogen-bond donors (Lipinski definition) is 1. The van der Waals surface area contributed by atoms with Crippen LogP contribution >= 0.6 is 0 Å². The van der Waals surface area contributed by atoms with Crippen LogP contribution in [0.5, 0.6) is 5.75 Å². The molecule has 0 aliphatic carbocycles. The lowest BCUT2D eigenvalue weighted by Gasteiger charge is -2.08. The second-order valence-corrected chi connectivity index (χ2v) is 3.94. The van der Waals surface area contributed by atoms with Crippen LogP contribution < -0.4 is 10.5 Å². The van der Waals surface area contributed by atoms with Gasteiger partial charge in [0.05, 0.1) is 12.2 Å². The highest BCUT2D eigenvalue weighted by molar-refractivity contribution is 5.32. The van der Waals surface area contributed by atoms with Gasteiger partial charge in [-0.2, -0.15) is 0 Å². The van der Waals surface area contributed by atoms with E-state index in [9.17, 15) is 4.39 Å². The first-order valence-electron chi connectivity index (χ1n) is 5.67. The van der Waals surface area contributed by atoms with Gasteiger partial charge < -0.3 is 10.5 Å². The molecule has 0 unspecified atom stereocenters. The van der Waals surface area contributed by atoms with Crippen molar-refractivity contribution in [2.45, 2.75) is 20.0 Å². The Morgan fingerprint density at radius 2 is 2.28 bits per heavy atom. The second kappa shape index (κ2) is 5.59. The first kappa shape index (κ1) is 12.5. The molecule has 5 nitrogen and oxygen atoms in total. The molecule has 0 atom stereocenters. The van der Waals surface area contributed by atoms with Gasteiger partial charge >= 0.3 is 0 Å². The molecular weight excluding hydrogens is 235 g/mol. The summed E-state index contributed by atoms with van der Waals surface area (Å²) in [6, 6.07) is 4.47. The van der Waals surface area contributed by atoms with Gasteiger partial charge in [0.2, 0.25) is 0 Å². The summed E-state index contributed by atoms with van der Waals surface area (Å²) in [5.41, 5.74) is 7.06. The number of rotatable bonds is 5. The number of benzene rings is 1. The normalized spacial score (nSPS) is 10.6. The topological polar surface area (TPSA) is 66.0 Å². The third-order valence-corrected chi connectivity index (χ3v) is 2.52. The summed E-state index contributed by atoms with van der Waals surface area (Å²) in [5.74, 6) is 0.246. The van der Waals surface area contributed by atoms with E-state index in [0.717, 1.165) is 11.3 Å². The van der Waals surface area contributed by atoms with Gasteiger partial charge in [-0.1, -0.05) is 11.3 Å². The number of nitrogens with two attached hydrogens (primary N) is 1. The van der Waals surface area contributed by atoms with E-state index in [-0.39, 0.29) is 5.82 Å². The lowest BCUT2D eigenvalue weighted by Crippen LogP contribution is -2.09. The van der Waals surface area contributed by atoms with Gasteiger partial charge in [-0.05, 0) is 18.6 Å². The number of aromatic nitrogens is 3. The molecule has 1 aromatic heterocycles. The summed E-state index contributed by atoms with van der Waals surface area (Å²) in [7, 11) is 0. The van der Waals surface area contributed by atoms with Crippen LogP contribution in [0, 0.1) is 12.7 Å². The van der Waals surface area contributed by atoms with Crippen molar-refractivity contribution in [3.63, 3.8) is 0 Å². The number of halogens is 1. The number of nitrogens with zero attached hydrogens (tertiary/aromatic N) is 3. The standard InChI is InChI=1S/C12H15FN4O/c1-9-2-3-10(13)6-12(9)18-5-4-17-8-11(7-14)15-16-17/h2-3,6,8H,4-5,7,14H2,1H3. The van der Waals surface area contributed by atoms with Crippen molar-refractivity contribution in [2.75, 3.05) is 6.61 Å². The van der Waals surface area contributed by atoms with Crippen molar-refractivity contribution in [2.24, 2.45) is 5.73 Å². The molecule has 6 heteroatoms. The molecule has 18 heavy (non-hydrogen) atoms. The molecule has 1 heterocycles. The molecule has 0 aliphatic heterocycles. The van der Waals surface area contributed by atoms with Crippen molar-refractivity contribution < 1.29 is 9.13 Å². The highest BCUT2D eigenvalue weighted by Crippen LogP contribution is 2.18. The molecule has 96 valence electrons. The van der Waals surface area contributed by atoms with E-state index in [1.165, 1.54) is 12.1 Å². The van der Waals surface area contributed by atoms with E-state index in [0.29, 0.717) is 25.4 Å². The fourth-order valence-corrected chi connectivity index (χ4v) is 1.52. The van der Waals surface area contributed by atoms with Crippen molar-refractivity contribution in [3.05, 3.63) is 41.5 Å². The summed E-state index contributed by atoms with van der Waals surface area (Å²) >= 11 is 0. The van der Waals surface area contributed by atoms with Gasteiger partial charge in [0.25, 0.3) is 0 Å². The van der Waals surface area contributed by atoms with Crippen LogP contribution in [0.15, 0.2) is 24.4 Å². The van der Waals surface area contributed by atoms with Crippen LogP contribution in [-0.2, 0) is 13.1 Å². The molecule has 2 N–H and O–H groups in total. The lowest BCUT2D eigenvalue weighted by atomic mass is 10.2. The molecule has 0 saturated heterocycles. The van der Waals surface area contributed by atoms with Crippen molar-refractivity contribution >= 4 is 0 Å². The number of hydrogen-bond acceptors (Lipinski definition) is 4. The van der Waals surface area contributed by atoms with E-state index in [1.54, 1.807) is 16.9 Å². The van der Waals surface area contributed by atoms with E-state index >= 15 is 0 Å². The fourth-order valence-electron chi connectivity index (χ4n) is 1.52. The zero-order valence-electron chi connectivity index (χ0n) is 10.1. The first-order valence-corrected chi connectivity index (χ1v) is 5.67. The van der Waals surface area contributed by atoms with Gasteiger partial charge in [0, 0.05) is 18.8 Å². The first-order chi connectivity index (χ1) is 8.69. The minimum atomic E-state index is -0.304. The monoisotopic (exact) mass is 250 g/mol. The summed E-state index contributed by atoms with van der Waals surface area (Å²) in [4.78, 5) is 0. The largest absolute Gasteiger partial charge is 0.491 e. The summed E-state index contributed by atoms with van der Waals surface area (Å²) in [5, 5.41) is 7.76. The third kappa shape index (κ3) is 3.04. The Balaban J connectivity index is 1.90. The van der Waals surface area contributed by atoms with Gasteiger partial charge in [0.15, 0.2) is 0 Å². The van der Waals surface area contributed by atoms with Gasteiger partial charge in [-0.25, -0.2) is 9.07 Å². The molecule has 0 amide bonds. The van der Waals surface area contributed by atoms with Crippen LogP contribution in [-0.4, -0.2) is 21.6 Å².